The summed E-state index contributed by atoms with van der Waals surface area (Å²) in [6.45, 7) is 3.70. The van der Waals surface area contributed by atoms with Crippen LogP contribution in [0.25, 0.3) is 10.9 Å². The van der Waals surface area contributed by atoms with Crippen molar-refractivity contribution in [1.29, 1.82) is 0 Å². The number of aliphatic hydroxyl groups excluding tert-OH is 1. The van der Waals surface area contributed by atoms with E-state index in [0.29, 0.717) is 17.7 Å². The van der Waals surface area contributed by atoms with Crippen LogP contribution in [-0.4, -0.2) is 34.8 Å². The smallest absolute Gasteiger partial charge is 0.255 e. The van der Waals surface area contributed by atoms with Crippen molar-refractivity contribution in [3.63, 3.8) is 0 Å². The summed E-state index contributed by atoms with van der Waals surface area (Å²) in [5, 5.41) is 13.8. The number of aromatic amines is 1. The zero-order valence-electron chi connectivity index (χ0n) is 15.3. The zero-order valence-corrected chi connectivity index (χ0v) is 17.5. The SMILES string of the molecule is CC(C)Oc1ccc(I)cc1C(=O)NC(CO)Cc1c[nH]c2ccccc12. The fraction of sp³-hybridized carbons (Fsp3) is 0.286. The molecule has 3 N–H and O–H groups in total. The fourth-order valence-electron chi connectivity index (χ4n) is 3.03. The van der Waals surface area contributed by atoms with Gasteiger partial charge < -0.3 is 20.1 Å². The second-order valence-electron chi connectivity index (χ2n) is 6.72. The van der Waals surface area contributed by atoms with Crippen molar-refractivity contribution in [3.8, 4) is 5.75 Å². The molecule has 0 fully saturated rings. The third kappa shape index (κ3) is 4.81. The molecule has 142 valence electrons. The standard InChI is InChI=1S/C21H23IN2O3/c1-13(2)27-20-8-7-15(22)10-18(20)21(26)24-16(12-25)9-14-11-23-19-6-4-3-5-17(14)19/h3-8,10-11,13,16,23,25H,9,12H2,1-2H3,(H,24,26). The Balaban J connectivity index is 1.78. The van der Waals surface area contributed by atoms with E-state index in [1.807, 2.05) is 56.4 Å². The van der Waals surface area contributed by atoms with Gasteiger partial charge in [0, 0.05) is 20.7 Å². The van der Waals surface area contributed by atoms with Crippen LogP contribution in [0.5, 0.6) is 5.75 Å². The maximum absolute atomic E-state index is 12.8. The molecule has 0 aliphatic rings. The average Bonchev–Trinajstić information content (AvgIpc) is 3.05. The number of nitrogens with one attached hydrogen (secondary N) is 2. The Kier molecular flexibility index (Phi) is 6.38. The second-order valence-corrected chi connectivity index (χ2v) is 7.97. The Hall–Kier alpha value is -2.06. The van der Waals surface area contributed by atoms with Crippen molar-refractivity contribution < 1.29 is 14.6 Å². The van der Waals surface area contributed by atoms with Crippen LogP contribution in [0.3, 0.4) is 0 Å². The molecule has 0 aliphatic carbocycles. The summed E-state index contributed by atoms with van der Waals surface area (Å²) in [7, 11) is 0. The molecule has 0 radical (unpaired) electrons. The molecule has 0 saturated carbocycles. The van der Waals surface area contributed by atoms with Gasteiger partial charge in [0.25, 0.3) is 5.91 Å². The first kappa shape index (κ1) is 19.7. The van der Waals surface area contributed by atoms with Crippen molar-refractivity contribution in [2.24, 2.45) is 0 Å². The molecule has 0 spiro atoms. The van der Waals surface area contributed by atoms with E-state index in [2.05, 4.69) is 32.9 Å². The minimum absolute atomic E-state index is 0.0310. The van der Waals surface area contributed by atoms with E-state index in [0.717, 1.165) is 20.0 Å². The summed E-state index contributed by atoms with van der Waals surface area (Å²) in [5.74, 6) is 0.301. The van der Waals surface area contributed by atoms with E-state index in [4.69, 9.17) is 4.74 Å². The van der Waals surface area contributed by atoms with Crippen molar-refractivity contribution in [3.05, 3.63) is 63.4 Å². The van der Waals surface area contributed by atoms with Crippen LogP contribution in [-0.2, 0) is 6.42 Å². The molecular formula is C21H23IN2O3. The first-order valence-electron chi connectivity index (χ1n) is 8.91. The minimum Gasteiger partial charge on any atom is -0.490 e. The van der Waals surface area contributed by atoms with Gasteiger partial charge in [-0.15, -0.1) is 0 Å². The minimum atomic E-state index is -0.388. The van der Waals surface area contributed by atoms with Crippen LogP contribution in [0.15, 0.2) is 48.7 Å². The molecule has 0 aliphatic heterocycles. The van der Waals surface area contributed by atoms with Crippen LogP contribution in [0.2, 0.25) is 0 Å². The maximum Gasteiger partial charge on any atom is 0.255 e. The van der Waals surface area contributed by atoms with Gasteiger partial charge in [0.1, 0.15) is 5.75 Å². The molecule has 6 heteroatoms. The second kappa shape index (κ2) is 8.75. The van der Waals surface area contributed by atoms with Gasteiger partial charge in [0.05, 0.1) is 24.3 Å². The molecule has 0 saturated heterocycles. The molecule has 0 bridgehead atoms. The monoisotopic (exact) mass is 478 g/mol. The van der Waals surface area contributed by atoms with Gasteiger partial charge in [-0.3, -0.25) is 4.79 Å². The van der Waals surface area contributed by atoms with E-state index in [9.17, 15) is 9.90 Å². The summed E-state index contributed by atoms with van der Waals surface area (Å²) in [6, 6.07) is 13.1. The van der Waals surface area contributed by atoms with Gasteiger partial charge in [0.15, 0.2) is 0 Å². The Morgan fingerprint density at radius 1 is 1.26 bits per heavy atom. The molecule has 1 aromatic heterocycles. The number of halogens is 1. The Morgan fingerprint density at radius 3 is 2.78 bits per heavy atom. The van der Waals surface area contributed by atoms with Gasteiger partial charge in [-0.1, -0.05) is 18.2 Å². The van der Waals surface area contributed by atoms with Gasteiger partial charge in [0.2, 0.25) is 0 Å². The number of amides is 1. The van der Waals surface area contributed by atoms with Crippen LogP contribution < -0.4 is 10.1 Å². The highest BCUT2D eigenvalue weighted by Crippen LogP contribution is 2.23. The molecule has 1 unspecified atom stereocenters. The Morgan fingerprint density at radius 2 is 2.04 bits per heavy atom. The number of H-pyrrole nitrogens is 1. The predicted molar refractivity (Wildman–Crippen MR) is 115 cm³/mol. The number of hydrogen-bond donors (Lipinski definition) is 3. The van der Waals surface area contributed by atoms with Gasteiger partial charge in [-0.25, -0.2) is 0 Å². The van der Waals surface area contributed by atoms with E-state index < -0.39 is 0 Å². The summed E-state index contributed by atoms with van der Waals surface area (Å²) in [5.41, 5.74) is 2.58. The summed E-state index contributed by atoms with van der Waals surface area (Å²) < 4.78 is 6.72. The quantitative estimate of drug-likeness (QED) is 0.452. The number of para-hydroxylation sites is 1. The number of aliphatic hydroxyl groups is 1. The molecule has 3 rings (SSSR count). The lowest BCUT2D eigenvalue weighted by atomic mass is 10.0. The average molecular weight is 478 g/mol. The Labute approximate surface area is 172 Å². The molecular weight excluding hydrogens is 455 g/mol. The predicted octanol–water partition coefficient (Wildman–Crippen LogP) is 3.89. The number of aromatic nitrogens is 1. The van der Waals surface area contributed by atoms with E-state index in [1.54, 1.807) is 6.07 Å². The van der Waals surface area contributed by atoms with Gasteiger partial charge >= 0.3 is 0 Å². The summed E-state index contributed by atoms with van der Waals surface area (Å²) in [4.78, 5) is 16.1. The first-order chi connectivity index (χ1) is 13.0. The normalized spacial score (nSPS) is 12.3. The zero-order chi connectivity index (χ0) is 19.4. The van der Waals surface area contributed by atoms with E-state index in [-0.39, 0.29) is 24.7 Å². The first-order valence-corrected chi connectivity index (χ1v) is 9.98. The highest BCUT2D eigenvalue weighted by atomic mass is 127. The third-order valence-corrected chi connectivity index (χ3v) is 4.92. The Bertz CT molecular complexity index is 936. The largest absolute Gasteiger partial charge is 0.490 e. The number of rotatable bonds is 7. The van der Waals surface area contributed by atoms with Crippen molar-refractivity contribution >= 4 is 39.4 Å². The van der Waals surface area contributed by atoms with Crippen LogP contribution >= 0.6 is 22.6 Å². The number of fused-ring (bicyclic) bond motifs is 1. The molecule has 3 aromatic rings. The number of ether oxygens (including phenoxy) is 1. The lowest BCUT2D eigenvalue weighted by Crippen LogP contribution is -2.39. The summed E-state index contributed by atoms with van der Waals surface area (Å²) in [6.07, 6.45) is 2.44. The maximum atomic E-state index is 12.8. The van der Waals surface area contributed by atoms with E-state index >= 15 is 0 Å². The molecule has 1 heterocycles. The van der Waals surface area contributed by atoms with Crippen molar-refractivity contribution in [2.45, 2.75) is 32.4 Å². The molecule has 1 atom stereocenters. The van der Waals surface area contributed by atoms with Crippen LogP contribution in [0, 0.1) is 3.57 Å². The number of hydrogen-bond acceptors (Lipinski definition) is 3. The van der Waals surface area contributed by atoms with Gasteiger partial charge in [-0.05, 0) is 72.7 Å². The van der Waals surface area contributed by atoms with Crippen LogP contribution in [0.1, 0.15) is 29.8 Å². The highest BCUT2D eigenvalue weighted by molar-refractivity contribution is 14.1. The third-order valence-electron chi connectivity index (χ3n) is 4.25. The van der Waals surface area contributed by atoms with Gasteiger partial charge in [-0.2, -0.15) is 0 Å². The van der Waals surface area contributed by atoms with Crippen LogP contribution in [0.4, 0.5) is 0 Å². The number of benzene rings is 2. The fourth-order valence-corrected chi connectivity index (χ4v) is 3.52. The van der Waals surface area contributed by atoms with Crippen molar-refractivity contribution in [2.75, 3.05) is 6.61 Å². The number of carbonyl (C=O) groups is 1. The molecule has 2 aromatic carbocycles. The lowest BCUT2D eigenvalue weighted by molar-refractivity contribution is 0.0910. The highest BCUT2D eigenvalue weighted by Gasteiger charge is 2.19. The lowest BCUT2D eigenvalue weighted by Gasteiger charge is -2.19. The number of carbonyl (C=O) groups excluding carboxylic acids is 1. The molecule has 27 heavy (non-hydrogen) atoms. The molecule has 5 nitrogen and oxygen atoms in total. The topological polar surface area (TPSA) is 74.3 Å². The summed E-state index contributed by atoms with van der Waals surface area (Å²) >= 11 is 2.17. The molecule has 1 amide bonds. The van der Waals surface area contributed by atoms with Crippen molar-refractivity contribution in [1.82, 2.24) is 10.3 Å². The van der Waals surface area contributed by atoms with E-state index in [1.165, 1.54) is 0 Å².